The van der Waals surface area contributed by atoms with Gasteiger partial charge in [-0.05, 0) is 103 Å². The Morgan fingerprint density at radius 1 is 0.773 bits per heavy atom. The summed E-state index contributed by atoms with van der Waals surface area (Å²) in [6, 6.07) is 35.3. The molecule has 6 nitrogen and oxygen atoms in total. The van der Waals surface area contributed by atoms with Gasteiger partial charge in [-0.1, -0.05) is 66.7 Å². The van der Waals surface area contributed by atoms with Gasteiger partial charge in [-0.3, -0.25) is 4.79 Å². The number of aromatic nitrogens is 1. The van der Waals surface area contributed by atoms with Gasteiger partial charge in [0.15, 0.2) is 0 Å². The molecule has 2 aliphatic rings. The Labute approximate surface area is 259 Å². The van der Waals surface area contributed by atoms with Crippen LogP contribution in [0.4, 0.5) is 11.5 Å². The van der Waals surface area contributed by atoms with Crippen molar-refractivity contribution in [3.8, 4) is 22.3 Å². The highest BCUT2D eigenvalue weighted by molar-refractivity contribution is 6.08. The molecule has 44 heavy (non-hydrogen) atoms. The first-order valence-corrected chi connectivity index (χ1v) is 15.8. The number of nitrogens with one attached hydrogen (secondary N) is 1. The molecule has 7 rings (SSSR count). The average Bonchev–Trinajstić information content (AvgIpc) is 3.76. The first-order valence-electron chi connectivity index (χ1n) is 15.8. The van der Waals surface area contributed by atoms with Crippen LogP contribution in [0.2, 0.25) is 0 Å². The topological polar surface area (TPSA) is 74.5 Å². The number of hydrogen-bond acceptors (Lipinski definition) is 5. The number of nitrogen functional groups attached to an aromatic ring is 1. The van der Waals surface area contributed by atoms with Crippen molar-refractivity contribution in [2.24, 2.45) is 0 Å². The highest BCUT2D eigenvalue weighted by atomic mass is 16.2. The van der Waals surface area contributed by atoms with E-state index >= 15 is 0 Å². The Kier molecular flexibility index (Phi) is 7.99. The molecule has 0 radical (unpaired) electrons. The van der Waals surface area contributed by atoms with Crippen molar-refractivity contribution < 1.29 is 4.79 Å². The van der Waals surface area contributed by atoms with Gasteiger partial charge in [-0.25, -0.2) is 4.98 Å². The lowest BCUT2D eigenvalue weighted by molar-refractivity contribution is 0.0710. The maximum Gasteiger partial charge on any atom is 0.254 e. The van der Waals surface area contributed by atoms with Crippen LogP contribution in [0.5, 0.6) is 0 Å². The fourth-order valence-electron chi connectivity index (χ4n) is 6.74. The fraction of sp³-hybridized carbons (Fsp3) is 0.263. The number of fused-ring (bicyclic) bond motifs is 1. The van der Waals surface area contributed by atoms with Gasteiger partial charge < -0.3 is 20.9 Å². The van der Waals surface area contributed by atoms with Crippen LogP contribution in [0.25, 0.3) is 33.2 Å². The van der Waals surface area contributed by atoms with Crippen molar-refractivity contribution in [3.05, 3.63) is 114 Å². The molecular formula is C38H39N5O. The van der Waals surface area contributed by atoms with E-state index in [1.54, 1.807) is 0 Å². The minimum atomic E-state index is 0.0997. The third-order valence-electron chi connectivity index (χ3n) is 9.10. The van der Waals surface area contributed by atoms with E-state index < -0.39 is 0 Å². The van der Waals surface area contributed by atoms with E-state index in [9.17, 15) is 4.79 Å². The van der Waals surface area contributed by atoms with Gasteiger partial charge in [0.1, 0.15) is 5.82 Å². The van der Waals surface area contributed by atoms with Gasteiger partial charge in [0.2, 0.25) is 0 Å². The normalized spacial score (nSPS) is 16.9. The molecule has 5 aromatic rings. The van der Waals surface area contributed by atoms with Crippen molar-refractivity contribution in [3.63, 3.8) is 0 Å². The minimum Gasteiger partial charge on any atom is -0.399 e. The molecule has 0 unspecified atom stereocenters. The van der Waals surface area contributed by atoms with Crippen molar-refractivity contribution >= 4 is 28.3 Å². The summed E-state index contributed by atoms with van der Waals surface area (Å²) in [5.41, 5.74) is 13.8. The highest BCUT2D eigenvalue weighted by Crippen LogP contribution is 2.31. The number of nitrogens with zero attached hydrogens (tertiary/aromatic N) is 3. The van der Waals surface area contributed by atoms with Crippen LogP contribution in [0, 0.1) is 0 Å². The molecule has 1 aromatic heterocycles. The molecule has 3 N–H and O–H groups in total. The van der Waals surface area contributed by atoms with Crippen LogP contribution in [-0.4, -0.2) is 52.9 Å². The lowest BCUT2D eigenvalue weighted by Crippen LogP contribution is -2.42. The highest BCUT2D eigenvalue weighted by Gasteiger charge is 2.32. The van der Waals surface area contributed by atoms with Gasteiger partial charge >= 0.3 is 0 Å². The van der Waals surface area contributed by atoms with Crippen molar-refractivity contribution in [1.29, 1.82) is 0 Å². The summed E-state index contributed by atoms with van der Waals surface area (Å²) in [7, 11) is 0. The lowest BCUT2D eigenvalue weighted by Gasteiger charge is -2.29. The number of rotatable bonds is 8. The van der Waals surface area contributed by atoms with E-state index in [0.717, 1.165) is 72.3 Å². The molecule has 3 heterocycles. The molecule has 4 aromatic carbocycles. The van der Waals surface area contributed by atoms with Gasteiger partial charge in [-0.2, -0.15) is 0 Å². The minimum absolute atomic E-state index is 0.0997. The van der Waals surface area contributed by atoms with Crippen molar-refractivity contribution in [2.75, 3.05) is 37.2 Å². The molecule has 1 amide bonds. The van der Waals surface area contributed by atoms with Crippen LogP contribution in [0.3, 0.4) is 0 Å². The third kappa shape index (κ3) is 6.03. The summed E-state index contributed by atoms with van der Waals surface area (Å²) in [6.07, 6.45) is 4.62. The number of hydrogen-bond donors (Lipinski definition) is 2. The fourth-order valence-corrected chi connectivity index (χ4v) is 6.74. The van der Waals surface area contributed by atoms with E-state index in [4.69, 9.17) is 10.7 Å². The van der Waals surface area contributed by atoms with Crippen molar-refractivity contribution in [1.82, 2.24) is 14.8 Å². The van der Waals surface area contributed by atoms with Crippen LogP contribution in [0.15, 0.2) is 103 Å². The predicted molar refractivity (Wildman–Crippen MR) is 181 cm³/mol. The standard InChI is InChI=1S/C38H39N5O/c39-32-16-13-29(14-17-32)31-15-18-36-34(23-31)35(38(44)43-21-7-12-33(43)26-42-19-4-5-20-42)24-37(41-36)40-25-27-8-6-11-30(22-27)28-9-2-1-3-10-28/h1-3,6,8-11,13-18,22-24,33H,4-5,7,12,19-21,25-26,39H2,(H,40,41)/t33-/m0/s1. The number of carbonyl (C=O) groups is 1. The first kappa shape index (κ1) is 28.1. The van der Waals surface area contributed by atoms with E-state index in [1.807, 2.05) is 42.5 Å². The van der Waals surface area contributed by atoms with E-state index in [1.165, 1.54) is 24.0 Å². The zero-order valence-electron chi connectivity index (χ0n) is 25.1. The molecule has 0 bridgehead atoms. The third-order valence-corrected chi connectivity index (χ3v) is 9.10. The molecule has 2 fully saturated rings. The zero-order valence-corrected chi connectivity index (χ0v) is 25.1. The summed E-state index contributed by atoms with van der Waals surface area (Å²) < 4.78 is 0. The van der Waals surface area contributed by atoms with E-state index in [2.05, 4.69) is 75.8 Å². The second-order valence-corrected chi connectivity index (χ2v) is 12.1. The Morgan fingerprint density at radius 2 is 1.50 bits per heavy atom. The quantitative estimate of drug-likeness (QED) is 0.186. The van der Waals surface area contributed by atoms with Gasteiger partial charge in [0.25, 0.3) is 5.91 Å². The summed E-state index contributed by atoms with van der Waals surface area (Å²) in [4.78, 5) is 24.0. The number of benzene rings is 4. The Bertz CT molecular complexity index is 1760. The number of carbonyl (C=O) groups excluding carboxylic acids is 1. The molecule has 0 saturated carbocycles. The van der Waals surface area contributed by atoms with E-state index in [-0.39, 0.29) is 11.9 Å². The Morgan fingerprint density at radius 3 is 2.32 bits per heavy atom. The molecule has 0 spiro atoms. The molecule has 6 heteroatoms. The average molecular weight is 582 g/mol. The molecule has 222 valence electrons. The van der Waals surface area contributed by atoms with E-state index in [0.29, 0.717) is 17.9 Å². The Balaban J connectivity index is 1.21. The van der Waals surface area contributed by atoms with Crippen LogP contribution in [0.1, 0.15) is 41.6 Å². The van der Waals surface area contributed by atoms with Gasteiger partial charge in [0.05, 0.1) is 11.1 Å². The van der Waals surface area contributed by atoms with Crippen molar-refractivity contribution in [2.45, 2.75) is 38.3 Å². The second-order valence-electron chi connectivity index (χ2n) is 12.1. The second kappa shape index (κ2) is 12.5. The van der Waals surface area contributed by atoms with Crippen LogP contribution >= 0.6 is 0 Å². The Hall–Kier alpha value is -4.68. The van der Waals surface area contributed by atoms with Crippen LogP contribution < -0.4 is 11.1 Å². The summed E-state index contributed by atoms with van der Waals surface area (Å²) in [6.45, 7) is 4.65. The molecule has 0 aliphatic carbocycles. The molecule has 2 aliphatic heterocycles. The molecular weight excluding hydrogens is 542 g/mol. The van der Waals surface area contributed by atoms with Gasteiger partial charge in [-0.15, -0.1) is 0 Å². The largest absolute Gasteiger partial charge is 0.399 e. The number of anilines is 2. The predicted octanol–water partition coefficient (Wildman–Crippen LogP) is 7.46. The summed E-state index contributed by atoms with van der Waals surface area (Å²) in [5.74, 6) is 0.809. The molecule has 1 atom stereocenters. The first-order chi connectivity index (χ1) is 21.6. The smallest absolute Gasteiger partial charge is 0.254 e. The maximum absolute atomic E-state index is 14.4. The number of nitrogens with two attached hydrogens (primary N) is 1. The zero-order chi connectivity index (χ0) is 29.9. The monoisotopic (exact) mass is 581 g/mol. The van der Waals surface area contributed by atoms with Gasteiger partial charge in [0, 0.05) is 36.7 Å². The van der Waals surface area contributed by atoms with Crippen LogP contribution in [-0.2, 0) is 6.54 Å². The number of amides is 1. The molecule has 2 saturated heterocycles. The number of likely N-dealkylation sites (tertiary alicyclic amines) is 2. The summed E-state index contributed by atoms with van der Waals surface area (Å²) in [5, 5.41) is 4.42. The maximum atomic E-state index is 14.4. The summed E-state index contributed by atoms with van der Waals surface area (Å²) >= 11 is 0. The lowest BCUT2D eigenvalue weighted by atomic mass is 9.99. The number of pyridine rings is 1. The SMILES string of the molecule is Nc1ccc(-c2ccc3nc(NCc4cccc(-c5ccccc5)c4)cc(C(=O)N4CCC[C@H]4CN4CCCC4)c3c2)cc1.